The molecule has 4 heterocycles. The highest BCUT2D eigenvalue weighted by Gasteiger charge is 2.36. The van der Waals surface area contributed by atoms with Crippen molar-refractivity contribution in [3.05, 3.63) is 91.9 Å². The van der Waals surface area contributed by atoms with Crippen LogP contribution in [0.25, 0.3) is 33.2 Å². The number of pyridine rings is 2. The van der Waals surface area contributed by atoms with Crippen molar-refractivity contribution in [1.29, 1.82) is 0 Å². The number of anilines is 2. The number of nitrogens with zero attached hydrogens (tertiary/aromatic N) is 5. The first-order chi connectivity index (χ1) is 25.1. The van der Waals surface area contributed by atoms with Crippen LogP contribution in [-0.4, -0.2) is 57.4 Å². The number of nitrogens with one attached hydrogen (secondary N) is 1. The second kappa shape index (κ2) is 14.8. The van der Waals surface area contributed by atoms with Gasteiger partial charge in [-0.2, -0.15) is 5.10 Å². The van der Waals surface area contributed by atoms with E-state index in [1.807, 2.05) is 25.1 Å². The van der Waals surface area contributed by atoms with E-state index in [0.29, 0.717) is 45.6 Å². The van der Waals surface area contributed by atoms with Crippen molar-refractivity contribution in [2.75, 3.05) is 32.1 Å². The van der Waals surface area contributed by atoms with Crippen molar-refractivity contribution in [1.82, 2.24) is 24.6 Å². The molecule has 3 aromatic heterocycles. The fourth-order valence-electron chi connectivity index (χ4n) is 7.33. The predicted molar refractivity (Wildman–Crippen MR) is 197 cm³/mol. The van der Waals surface area contributed by atoms with Gasteiger partial charge in [0.25, 0.3) is 12.0 Å². The Morgan fingerprint density at radius 3 is 2.44 bits per heavy atom. The van der Waals surface area contributed by atoms with Gasteiger partial charge in [-0.3, -0.25) is 14.5 Å². The minimum Gasteiger partial charge on any atom is -0.481 e. The number of likely N-dealkylation sites (tertiary alicyclic amines) is 1. The van der Waals surface area contributed by atoms with Crippen molar-refractivity contribution in [2.24, 2.45) is 13.0 Å². The predicted octanol–water partition coefficient (Wildman–Crippen LogP) is 8.32. The van der Waals surface area contributed by atoms with Crippen LogP contribution in [0.2, 0.25) is 10.0 Å². The van der Waals surface area contributed by atoms with Crippen molar-refractivity contribution in [3.63, 3.8) is 0 Å². The van der Waals surface area contributed by atoms with E-state index in [1.54, 1.807) is 25.3 Å². The molecule has 0 amide bonds. The zero-order chi connectivity index (χ0) is 36.7. The van der Waals surface area contributed by atoms with Gasteiger partial charge in [0.2, 0.25) is 5.88 Å². The molecule has 1 N–H and O–H groups in total. The van der Waals surface area contributed by atoms with Gasteiger partial charge in [-0.25, -0.2) is 23.4 Å². The van der Waals surface area contributed by atoms with Crippen LogP contribution in [-0.2, 0) is 23.0 Å². The summed E-state index contributed by atoms with van der Waals surface area (Å²) in [5, 5.41) is 7.98. The van der Waals surface area contributed by atoms with Crippen LogP contribution in [0.5, 0.6) is 5.88 Å². The molecule has 1 aliphatic carbocycles. The Labute approximate surface area is 308 Å². The third kappa shape index (κ3) is 6.59. The summed E-state index contributed by atoms with van der Waals surface area (Å²) in [4.78, 5) is 36.8. The Balaban J connectivity index is 1.20. The third-order valence-electron chi connectivity index (χ3n) is 9.90. The molecule has 14 heteroatoms. The van der Waals surface area contributed by atoms with E-state index in [4.69, 9.17) is 37.7 Å². The average Bonchev–Trinajstić information content (AvgIpc) is 3.58. The molecule has 0 saturated carbocycles. The number of carbonyl (C=O) groups is 1. The number of fused-ring (bicyclic) bond motifs is 2. The number of piperidine rings is 1. The maximum Gasteiger partial charge on any atom is 0.309 e. The summed E-state index contributed by atoms with van der Waals surface area (Å²) in [6.07, 6.45) is 1.74. The van der Waals surface area contributed by atoms with Gasteiger partial charge in [0.1, 0.15) is 11.5 Å². The van der Waals surface area contributed by atoms with Crippen LogP contribution in [0.4, 0.5) is 20.3 Å². The van der Waals surface area contributed by atoms with Crippen molar-refractivity contribution < 1.29 is 23.0 Å². The van der Waals surface area contributed by atoms with E-state index in [0.717, 1.165) is 60.6 Å². The number of benzene rings is 2. The molecular weight excluding hydrogens is 713 g/mol. The first kappa shape index (κ1) is 35.7. The van der Waals surface area contributed by atoms with Crippen LogP contribution in [0.1, 0.15) is 55.5 Å². The second-order valence-electron chi connectivity index (χ2n) is 12.9. The molecule has 0 unspecified atom stereocenters. The highest BCUT2D eigenvalue weighted by molar-refractivity contribution is 6.39. The zero-order valence-corrected chi connectivity index (χ0v) is 30.3. The number of rotatable bonds is 9. The lowest BCUT2D eigenvalue weighted by Gasteiger charge is -2.35. The molecule has 2 aliphatic rings. The molecule has 1 atom stereocenters. The van der Waals surface area contributed by atoms with Gasteiger partial charge < -0.3 is 14.8 Å². The quantitative estimate of drug-likeness (QED) is 0.149. The standard InChI is InChI=1S/C38H36Cl2F2N6O4/c1-4-52-38(50)20-13-15-48(16-14-20)29-12-11-21-17-27(46-36(51-3)30(21)29)25-9-5-7-23(32(25)39)24-8-6-10-26(33(24)40)44-35-31-22(18-28(45-35)34(41)42)19-43-47(2)37(31)49/h5-10,17-20,29,34H,4,11-16H2,1-3H3,(H,44,45)/t29-/m1/s1. The highest BCUT2D eigenvalue weighted by Crippen LogP contribution is 2.46. The van der Waals surface area contributed by atoms with E-state index in [-0.39, 0.29) is 39.5 Å². The lowest BCUT2D eigenvalue weighted by atomic mass is 9.94. The molecule has 5 aromatic rings. The average molecular weight is 750 g/mol. The van der Waals surface area contributed by atoms with Gasteiger partial charge in [-0.05, 0) is 69.5 Å². The van der Waals surface area contributed by atoms with Gasteiger partial charge in [0, 0.05) is 40.7 Å². The van der Waals surface area contributed by atoms with Crippen molar-refractivity contribution in [3.8, 4) is 28.3 Å². The van der Waals surface area contributed by atoms with Crippen LogP contribution in [0.15, 0.2) is 59.5 Å². The van der Waals surface area contributed by atoms with Gasteiger partial charge in [-0.1, -0.05) is 53.5 Å². The third-order valence-corrected chi connectivity index (χ3v) is 10.7. The van der Waals surface area contributed by atoms with Crippen LogP contribution >= 0.6 is 23.2 Å². The Kier molecular flexibility index (Phi) is 10.1. The molecule has 0 radical (unpaired) electrons. The number of hydrogen-bond acceptors (Lipinski definition) is 9. The number of hydrogen-bond donors (Lipinski definition) is 1. The zero-order valence-electron chi connectivity index (χ0n) is 28.8. The number of alkyl halides is 2. The van der Waals surface area contributed by atoms with Gasteiger partial charge in [0.15, 0.2) is 0 Å². The van der Waals surface area contributed by atoms with E-state index in [2.05, 4.69) is 26.4 Å². The minimum absolute atomic E-state index is 0.0641. The van der Waals surface area contributed by atoms with E-state index in [1.165, 1.54) is 13.2 Å². The summed E-state index contributed by atoms with van der Waals surface area (Å²) in [5.41, 5.74) is 4.07. The summed E-state index contributed by atoms with van der Waals surface area (Å²) in [6, 6.07) is 14.2. The number of aryl methyl sites for hydroxylation is 2. The SMILES string of the molecule is CCOC(=O)C1CCN([C@@H]2CCc3cc(-c4cccc(-c5cccc(Nc6nc(C(F)F)cc7cnn(C)c(=O)c67)c5Cl)c4Cl)nc(OC)c32)CC1. The summed E-state index contributed by atoms with van der Waals surface area (Å²) in [6.45, 7) is 3.80. The van der Waals surface area contributed by atoms with Gasteiger partial charge in [-0.15, -0.1) is 0 Å². The number of carbonyl (C=O) groups excluding carboxylic acids is 1. The summed E-state index contributed by atoms with van der Waals surface area (Å²) < 4.78 is 39.9. The van der Waals surface area contributed by atoms with Crippen molar-refractivity contribution >= 4 is 51.4 Å². The first-order valence-electron chi connectivity index (χ1n) is 17.1. The van der Waals surface area contributed by atoms with E-state index < -0.39 is 17.7 Å². The molecule has 2 aromatic carbocycles. The molecule has 1 saturated heterocycles. The molecule has 1 fully saturated rings. The van der Waals surface area contributed by atoms with E-state index >= 15 is 0 Å². The number of esters is 1. The number of ether oxygens (including phenoxy) is 2. The Morgan fingerprint density at radius 2 is 1.73 bits per heavy atom. The van der Waals surface area contributed by atoms with Gasteiger partial charge in [0.05, 0.1) is 52.6 Å². The normalized spacial score (nSPS) is 16.3. The Bertz CT molecular complexity index is 2240. The smallest absolute Gasteiger partial charge is 0.309 e. The largest absolute Gasteiger partial charge is 0.481 e. The molecule has 10 nitrogen and oxygen atoms in total. The van der Waals surface area contributed by atoms with Crippen LogP contribution in [0.3, 0.4) is 0 Å². The first-order valence-corrected chi connectivity index (χ1v) is 17.8. The number of halogens is 4. The summed E-state index contributed by atoms with van der Waals surface area (Å²) in [7, 11) is 3.09. The van der Waals surface area contributed by atoms with Crippen molar-refractivity contribution in [2.45, 2.75) is 45.1 Å². The van der Waals surface area contributed by atoms with Crippen LogP contribution in [0, 0.1) is 5.92 Å². The summed E-state index contributed by atoms with van der Waals surface area (Å²) >= 11 is 14.1. The highest BCUT2D eigenvalue weighted by atomic mass is 35.5. The minimum atomic E-state index is -2.87. The maximum atomic E-state index is 13.8. The Hall–Kier alpha value is -4.65. The molecule has 1 aliphatic heterocycles. The number of methoxy groups -OCH3 is 1. The topological polar surface area (TPSA) is 111 Å². The van der Waals surface area contributed by atoms with Crippen LogP contribution < -0.4 is 15.6 Å². The monoisotopic (exact) mass is 748 g/mol. The molecule has 52 heavy (non-hydrogen) atoms. The molecule has 7 rings (SSSR count). The summed E-state index contributed by atoms with van der Waals surface area (Å²) in [5.74, 6) is 0.293. The molecule has 0 bridgehead atoms. The molecule has 0 spiro atoms. The fourth-order valence-corrected chi connectivity index (χ4v) is 7.93. The lowest BCUT2D eigenvalue weighted by Crippen LogP contribution is -2.38. The number of aromatic nitrogens is 4. The van der Waals surface area contributed by atoms with Gasteiger partial charge >= 0.3 is 5.97 Å². The fraction of sp³-hybridized carbons (Fsp3) is 0.342. The second-order valence-corrected chi connectivity index (χ2v) is 13.7. The van der Waals surface area contributed by atoms with E-state index in [9.17, 15) is 18.4 Å². The maximum absolute atomic E-state index is 13.8. The Morgan fingerprint density at radius 1 is 1.02 bits per heavy atom. The molecule has 270 valence electrons. The molecular formula is C38H36Cl2F2N6O4. The lowest BCUT2D eigenvalue weighted by molar-refractivity contribution is -0.149.